The fraction of sp³-hybridized carbons (Fsp3) is 0.0968. The summed E-state index contributed by atoms with van der Waals surface area (Å²) in [6.45, 7) is 0. The maximum Gasteiger partial charge on any atom is 0.174 e. The fourth-order valence-electron chi connectivity index (χ4n) is 4.53. The van der Waals surface area contributed by atoms with Crippen molar-refractivity contribution in [1.29, 1.82) is 0 Å². The summed E-state index contributed by atoms with van der Waals surface area (Å²) in [5.41, 5.74) is 1.81. The lowest BCUT2D eigenvalue weighted by Gasteiger charge is -2.26. The Kier molecular flexibility index (Phi) is 7.21. The largest absolute Gasteiger partial charge is 0.497 e. The Bertz CT molecular complexity index is 1540. The number of pyridine rings is 1. The van der Waals surface area contributed by atoms with E-state index in [1.54, 1.807) is 25.1 Å². The molecule has 0 saturated carbocycles. The van der Waals surface area contributed by atoms with Crippen molar-refractivity contribution in [3.05, 3.63) is 127 Å². The topological polar surface area (TPSA) is 59.8 Å². The minimum atomic E-state index is -0.231. The lowest BCUT2D eigenvalue weighted by Crippen LogP contribution is -2.29. The fourth-order valence-corrected chi connectivity index (χ4v) is 5.67. The first-order chi connectivity index (χ1) is 19.2. The number of benzene rings is 3. The highest BCUT2D eigenvalue weighted by Crippen LogP contribution is 2.43. The van der Waals surface area contributed by atoms with E-state index in [4.69, 9.17) is 26.1 Å². The van der Waals surface area contributed by atoms with E-state index in [2.05, 4.69) is 27.3 Å². The number of hydrogen-bond donors (Lipinski definition) is 1. The molecule has 0 spiro atoms. The highest BCUT2D eigenvalue weighted by atomic mass is 32.2. The first-order valence-corrected chi connectivity index (χ1v) is 13.7. The van der Waals surface area contributed by atoms with Crippen LogP contribution in [0.5, 0.6) is 17.2 Å². The van der Waals surface area contributed by atoms with Crippen LogP contribution in [-0.4, -0.2) is 17.2 Å². The van der Waals surface area contributed by atoms with Gasteiger partial charge in [-0.3, -0.25) is 4.98 Å². The standard InChI is InChI=1S/C31H25N3O3S2/c1-35-22-14-16-24(17-15-22)36-23-12-10-21(11-13-23)34-30(29(33-31(34)38)26-9-5-6-20-32-26)27-18-19-28(37-27)39-25-7-3-2-4-8-25/h2-20,29-30H,1H3,(H,33,38)/t29-,30+/m0/s1. The number of nitrogens with zero attached hydrogens (tertiary/aromatic N) is 2. The van der Waals surface area contributed by atoms with E-state index in [1.165, 1.54) is 0 Å². The van der Waals surface area contributed by atoms with Crippen molar-refractivity contribution in [1.82, 2.24) is 10.3 Å². The SMILES string of the molecule is COc1ccc(Oc2ccc(N3C(=S)N[C@@H](c4ccccn4)[C@H]3c3ccc(Sc4ccccc4)o3)cc2)cc1. The van der Waals surface area contributed by atoms with Crippen LogP contribution in [0.3, 0.4) is 0 Å². The third-order valence-corrected chi connectivity index (χ3v) is 7.61. The molecule has 1 saturated heterocycles. The average molecular weight is 552 g/mol. The van der Waals surface area contributed by atoms with Crippen molar-refractivity contribution in [3.63, 3.8) is 0 Å². The smallest absolute Gasteiger partial charge is 0.174 e. The quantitative estimate of drug-likeness (QED) is 0.196. The lowest BCUT2D eigenvalue weighted by atomic mass is 10.0. The molecule has 3 aromatic carbocycles. The molecule has 0 radical (unpaired) electrons. The van der Waals surface area contributed by atoms with Crippen LogP contribution in [0.4, 0.5) is 5.69 Å². The zero-order valence-electron chi connectivity index (χ0n) is 21.1. The van der Waals surface area contributed by atoms with Crippen LogP contribution < -0.4 is 19.7 Å². The lowest BCUT2D eigenvalue weighted by molar-refractivity contribution is 0.383. The molecule has 6 rings (SSSR count). The number of thiocarbonyl (C=S) groups is 1. The number of hydrogen-bond acceptors (Lipinski definition) is 6. The van der Waals surface area contributed by atoms with Crippen LogP contribution in [0.1, 0.15) is 23.5 Å². The summed E-state index contributed by atoms with van der Waals surface area (Å²) in [6.07, 6.45) is 1.80. The molecule has 0 unspecified atom stereocenters. The second-order valence-corrected chi connectivity index (χ2v) is 10.3. The average Bonchev–Trinajstić information content (AvgIpc) is 3.58. The predicted molar refractivity (Wildman–Crippen MR) is 157 cm³/mol. The second-order valence-electron chi connectivity index (χ2n) is 8.84. The van der Waals surface area contributed by atoms with Crippen molar-refractivity contribution in [3.8, 4) is 17.2 Å². The summed E-state index contributed by atoms with van der Waals surface area (Å²) < 4.78 is 17.7. The first kappa shape index (κ1) is 25.0. The molecular formula is C31H25N3O3S2. The zero-order chi connectivity index (χ0) is 26.6. The summed E-state index contributed by atoms with van der Waals surface area (Å²) >= 11 is 7.44. The molecule has 2 aromatic heterocycles. The van der Waals surface area contributed by atoms with E-state index >= 15 is 0 Å². The molecule has 0 aliphatic carbocycles. The molecule has 1 aliphatic heterocycles. The molecule has 1 N–H and O–H groups in total. The van der Waals surface area contributed by atoms with Crippen molar-refractivity contribution < 1.29 is 13.9 Å². The Balaban J connectivity index is 1.29. The number of anilines is 1. The van der Waals surface area contributed by atoms with E-state index < -0.39 is 0 Å². The molecule has 2 atom stereocenters. The van der Waals surface area contributed by atoms with Gasteiger partial charge in [-0.2, -0.15) is 0 Å². The summed E-state index contributed by atoms with van der Waals surface area (Å²) in [6, 6.07) is 35.1. The second kappa shape index (κ2) is 11.2. The van der Waals surface area contributed by atoms with Crippen LogP contribution in [0.25, 0.3) is 0 Å². The number of nitrogens with one attached hydrogen (secondary N) is 1. The molecule has 1 aliphatic rings. The van der Waals surface area contributed by atoms with Crippen molar-refractivity contribution in [2.24, 2.45) is 0 Å². The van der Waals surface area contributed by atoms with Gasteiger partial charge in [-0.15, -0.1) is 0 Å². The van der Waals surface area contributed by atoms with Gasteiger partial charge in [0.25, 0.3) is 0 Å². The summed E-state index contributed by atoms with van der Waals surface area (Å²) in [5, 5.41) is 4.90. The number of aromatic nitrogens is 1. The van der Waals surface area contributed by atoms with Gasteiger partial charge in [0.15, 0.2) is 10.2 Å². The number of ether oxygens (including phenoxy) is 2. The van der Waals surface area contributed by atoms with Crippen molar-refractivity contribution >= 4 is 34.8 Å². The minimum absolute atomic E-state index is 0.186. The predicted octanol–water partition coefficient (Wildman–Crippen LogP) is 7.80. The van der Waals surface area contributed by atoms with Gasteiger partial charge in [-0.25, -0.2) is 0 Å². The molecule has 6 nitrogen and oxygen atoms in total. The van der Waals surface area contributed by atoms with Gasteiger partial charge in [0.05, 0.1) is 18.8 Å². The summed E-state index contributed by atoms with van der Waals surface area (Å²) in [5.74, 6) is 3.04. The summed E-state index contributed by atoms with van der Waals surface area (Å²) in [7, 11) is 1.64. The summed E-state index contributed by atoms with van der Waals surface area (Å²) in [4.78, 5) is 7.82. The number of rotatable bonds is 8. The molecule has 0 amide bonds. The van der Waals surface area contributed by atoms with Crippen molar-refractivity contribution in [2.75, 3.05) is 12.0 Å². The zero-order valence-corrected chi connectivity index (χ0v) is 22.7. The Morgan fingerprint density at radius 1 is 0.821 bits per heavy atom. The molecule has 3 heterocycles. The Hall–Kier alpha value is -4.27. The highest BCUT2D eigenvalue weighted by Gasteiger charge is 2.42. The van der Waals surface area contributed by atoms with Crippen LogP contribution >= 0.6 is 24.0 Å². The minimum Gasteiger partial charge on any atom is -0.497 e. The van der Waals surface area contributed by atoms with Crippen LogP contribution in [0, 0.1) is 0 Å². The highest BCUT2D eigenvalue weighted by molar-refractivity contribution is 7.99. The molecule has 39 heavy (non-hydrogen) atoms. The number of methoxy groups -OCH3 is 1. The van der Waals surface area contributed by atoms with Crippen LogP contribution in [0.15, 0.2) is 130 Å². The Morgan fingerprint density at radius 3 is 2.21 bits per heavy atom. The van der Waals surface area contributed by atoms with Crippen LogP contribution in [0.2, 0.25) is 0 Å². The maximum atomic E-state index is 6.40. The molecule has 5 aromatic rings. The van der Waals surface area contributed by atoms with E-state index in [-0.39, 0.29) is 12.1 Å². The number of furan rings is 1. The molecule has 8 heteroatoms. The van der Waals surface area contributed by atoms with Gasteiger partial charge in [-0.1, -0.05) is 36.0 Å². The third-order valence-electron chi connectivity index (χ3n) is 6.36. The van der Waals surface area contributed by atoms with Gasteiger partial charge in [0.1, 0.15) is 29.1 Å². The van der Waals surface area contributed by atoms with Crippen LogP contribution in [-0.2, 0) is 0 Å². The molecule has 194 valence electrons. The van der Waals surface area contributed by atoms with E-state index in [0.717, 1.165) is 44.4 Å². The van der Waals surface area contributed by atoms with Crippen molar-refractivity contribution in [2.45, 2.75) is 22.1 Å². The van der Waals surface area contributed by atoms with Gasteiger partial charge >= 0.3 is 0 Å². The van der Waals surface area contributed by atoms with Gasteiger partial charge in [0, 0.05) is 16.8 Å². The Morgan fingerprint density at radius 2 is 1.51 bits per heavy atom. The van der Waals surface area contributed by atoms with E-state index in [1.807, 2.05) is 97.1 Å². The molecule has 1 fully saturated rings. The van der Waals surface area contributed by atoms with E-state index in [0.29, 0.717) is 5.11 Å². The Labute approximate surface area is 236 Å². The van der Waals surface area contributed by atoms with Gasteiger partial charge in [-0.05, 0) is 97.1 Å². The maximum absolute atomic E-state index is 6.40. The molecular weight excluding hydrogens is 526 g/mol. The normalized spacial score (nSPS) is 16.6. The van der Waals surface area contributed by atoms with E-state index in [9.17, 15) is 0 Å². The van der Waals surface area contributed by atoms with Gasteiger partial charge in [0.2, 0.25) is 0 Å². The molecule has 0 bridgehead atoms. The van der Waals surface area contributed by atoms with Gasteiger partial charge < -0.3 is 24.1 Å². The third kappa shape index (κ3) is 5.48. The first-order valence-electron chi connectivity index (χ1n) is 12.4. The monoisotopic (exact) mass is 551 g/mol.